The van der Waals surface area contributed by atoms with E-state index in [0.717, 1.165) is 0 Å². The smallest absolute Gasteiger partial charge is 0.138 e. The average Bonchev–Trinajstić information content (AvgIpc) is 2.53. The van der Waals surface area contributed by atoms with Crippen LogP contribution >= 0.6 is 0 Å². The average molecular weight is 273 g/mol. The lowest BCUT2D eigenvalue weighted by Crippen LogP contribution is -2.55. The summed E-state index contributed by atoms with van der Waals surface area (Å²) in [6.45, 7) is 0. The molecular formula is C18H15NSi. The summed E-state index contributed by atoms with van der Waals surface area (Å²) in [7, 11) is -1.34. The molecule has 0 amide bonds. The van der Waals surface area contributed by atoms with Crippen molar-refractivity contribution in [3.8, 4) is 0 Å². The molecule has 0 spiro atoms. The van der Waals surface area contributed by atoms with Crippen molar-refractivity contribution in [2.24, 2.45) is 0 Å². The van der Waals surface area contributed by atoms with E-state index in [1.165, 1.54) is 26.9 Å². The molecule has 4 rings (SSSR count). The molecule has 1 N–H and O–H groups in total. The second kappa shape index (κ2) is 4.65. The molecule has 20 heavy (non-hydrogen) atoms. The molecule has 0 radical (unpaired) electrons. The Morgan fingerprint density at radius 3 is 1.65 bits per heavy atom. The lowest BCUT2D eigenvalue weighted by atomic mass is 10.2. The van der Waals surface area contributed by atoms with Gasteiger partial charge in [0.15, 0.2) is 0 Å². The molecule has 1 heterocycles. The molecule has 3 aromatic rings. The van der Waals surface area contributed by atoms with Crippen LogP contribution in [0.2, 0.25) is 0 Å². The number of para-hydroxylation sites is 2. The fourth-order valence-electron chi connectivity index (χ4n) is 3.04. The molecule has 0 unspecified atom stereocenters. The van der Waals surface area contributed by atoms with E-state index in [4.69, 9.17) is 0 Å². The summed E-state index contributed by atoms with van der Waals surface area (Å²) in [6, 6.07) is 28.4. The van der Waals surface area contributed by atoms with E-state index in [1.807, 2.05) is 0 Å². The van der Waals surface area contributed by atoms with Crippen LogP contribution in [0.4, 0.5) is 11.4 Å². The van der Waals surface area contributed by atoms with Gasteiger partial charge in [-0.2, -0.15) is 0 Å². The van der Waals surface area contributed by atoms with Gasteiger partial charge in [0.05, 0.1) is 0 Å². The normalized spacial score (nSPS) is 13.2. The van der Waals surface area contributed by atoms with Gasteiger partial charge in [-0.25, -0.2) is 0 Å². The highest BCUT2D eigenvalue weighted by molar-refractivity contribution is 6.97. The van der Waals surface area contributed by atoms with Crippen LogP contribution in [0.15, 0.2) is 78.9 Å². The molecule has 2 heteroatoms. The molecule has 0 aliphatic carbocycles. The zero-order chi connectivity index (χ0) is 13.4. The van der Waals surface area contributed by atoms with E-state index in [2.05, 4.69) is 84.2 Å². The first-order chi connectivity index (χ1) is 9.93. The van der Waals surface area contributed by atoms with Crippen molar-refractivity contribution in [3.63, 3.8) is 0 Å². The van der Waals surface area contributed by atoms with Gasteiger partial charge in [0, 0.05) is 11.4 Å². The van der Waals surface area contributed by atoms with Crippen molar-refractivity contribution < 1.29 is 0 Å². The second-order valence-electron chi connectivity index (χ2n) is 5.14. The molecule has 1 aliphatic rings. The van der Waals surface area contributed by atoms with Crippen molar-refractivity contribution >= 4 is 35.7 Å². The van der Waals surface area contributed by atoms with E-state index >= 15 is 0 Å². The van der Waals surface area contributed by atoms with E-state index in [1.54, 1.807) is 0 Å². The minimum absolute atomic E-state index is 1.27. The first kappa shape index (κ1) is 11.5. The summed E-state index contributed by atoms with van der Waals surface area (Å²) in [5, 5.41) is 8.02. The van der Waals surface area contributed by atoms with Crippen LogP contribution in [-0.4, -0.2) is 8.80 Å². The topological polar surface area (TPSA) is 12.0 Å². The molecule has 0 atom stereocenters. The predicted molar refractivity (Wildman–Crippen MR) is 88.7 cm³/mol. The largest absolute Gasteiger partial charge is 0.356 e. The van der Waals surface area contributed by atoms with Crippen LogP contribution < -0.4 is 20.9 Å². The van der Waals surface area contributed by atoms with E-state index in [9.17, 15) is 0 Å². The van der Waals surface area contributed by atoms with Gasteiger partial charge < -0.3 is 5.32 Å². The van der Waals surface area contributed by atoms with Crippen molar-refractivity contribution in [2.75, 3.05) is 5.32 Å². The second-order valence-corrected chi connectivity index (χ2v) is 7.92. The summed E-state index contributed by atoms with van der Waals surface area (Å²) in [4.78, 5) is 0. The standard InChI is InChI=1S/C18H15NSi/c1-2-8-14(9-3-1)20-17-12-6-4-10-15(17)19-16-11-5-7-13-18(16)20/h1-13,19-20H. The van der Waals surface area contributed by atoms with Crippen LogP contribution in [0.5, 0.6) is 0 Å². The number of fused-ring (bicyclic) bond motifs is 2. The summed E-state index contributed by atoms with van der Waals surface area (Å²) < 4.78 is 0. The molecule has 3 aromatic carbocycles. The fraction of sp³-hybridized carbons (Fsp3) is 0. The van der Waals surface area contributed by atoms with Crippen LogP contribution in [0.3, 0.4) is 0 Å². The quantitative estimate of drug-likeness (QED) is 0.523. The Balaban J connectivity index is 1.98. The number of anilines is 2. The molecule has 1 aliphatic heterocycles. The molecule has 0 fully saturated rings. The van der Waals surface area contributed by atoms with Gasteiger partial charge in [-0.1, -0.05) is 71.9 Å². The van der Waals surface area contributed by atoms with Gasteiger partial charge in [0.25, 0.3) is 0 Å². The zero-order valence-electron chi connectivity index (χ0n) is 11.1. The molecule has 1 nitrogen and oxygen atoms in total. The predicted octanol–water partition coefficient (Wildman–Crippen LogP) is 1.99. The Hall–Kier alpha value is -2.32. The fourth-order valence-corrected chi connectivity index (χ4v) is 6.27. The molecule has 0 saturated carbocycles. The van der Waals surface area contributed by atoms with E-state index < -0.39 is 8.80 Å². The highest BCUT2D eigenvalue weighted by atomic mass is 28.3. The molecule has 0 bridgehead atoms. The summed E-state index contributed by atoms with van der Waals surface area (Å²) >= 11 is 0. The third kappa shape index (κ3) is 1.77. The summed E-state index contributed by atoms with van der Waals surface area (Å²) in [5.41, 5.74) is 2.54. The van der Waals surface area contributed by atoms with Crippen molar-refractivity contribution in [2.45, 2.75) is 0 Å². The maximum Gasteiger partial charge on any atom is 0.138 e. The Morgan fingerprint density at radius 1 is 0.550 bits per heavy atom. The van der Waals surface area contributed by atoms with Gasteiger partial charge >= 0.3 is 0 Å². The number of hydrogen-bond donors (Lipinski definition) is 1. The lowest BCUT2D eigenvalue weighted by Gasteiger charge is -2.28. The molecule has 96 valence electrons. The van der Waals surface area contributed by atoms with E-state index in [-0.39, 0.29) is 0 Å². The monoisotopic (exact) mass is 273 g/mol. The minimum atomic E-state index is -1.34. The van der Waals surface area contributed by atoms with Gasteiger partial charge in [-0.15, -0.1) is 0 Å². The number of hydrogen-bond acceptors (Lipinski definition) is 1. The lowest BCUT2D eigenvalue weighted by molar-refractivity contribution is 1.56. The first-order valence-electron chi connectivity index (χ1n) is 6.93. The highest BCUT2D eigenvalue weighted by Crippen LogP contribution is 2.19. The van der Waals surface area contributed by atoms with Crippen LogP contribution in [0.25, 0.3) is 0 Å². The Bertz CT molecular complexity index is 707. The van der Waals surface area contributed by atoms with Gasteiger partial charge in [-0.05, 0) is 22.5 Å². The number of nitrogens with one attached hydrogen (secondary N) is 1. The van der Waals surface area contributed by atoms with Gasteiger partial charge in [0.1, 0.15) is 8.80 Å². The van der Waals surface area contributed by atoms with Crippen molar-refractivity contribution in [1.82, 2.24) is 0 Å². The van der Waals surface area contributed by atoms with Crippen LogP contribution in [-0.2, 0) is 0 Å². The molecule has 0 saturated heterocycles. The maximum absolute atomic E-state index is 3.57. The Kier molecular flexibility index (Phi) is 2.68. The summed E-state index contributed by atoms with van der Waals surface area (Å²) in [6.07, 6.45) is 0. The maximum atomic E-state index is 3.57. The number of benzene rings is 3. The third-order valence-electron chi connectivity index (χ3n) is 3.95. The van der Waals surface area contributed by atoms with Crippen LogP contribution in [0, 0.1) is 0 Å². The van der Waals surface area contributed by atoms with Gasteiger partial charge in [0.2, 0.25) is 0 Å². The molecular weight excluding hydrogens is 258 g/mol. The van der Waals surface area contributed by atoms with Crippen molar-refractivity contribution in [3.05, 3.63) is 78.9 Å². The Labute approximate surface area is 120 Å². The highest BCUT2D eigenvalue weighted by Gasteiger charge is 2.27. The minimum Gasteiger partial charge on any atom is -0.356 e. The van der Waals surface area contributed by atoms with E-state index in [0.29, 0.717) is 0 Å². The van der Waals surface area contributed by atoms with Gasteiger partial charge in [-0.3, -0.25) is 0 Å². The SMILES string of the molecule is c1ccc([SiH]2c3ccccc3Nc3ccccc32)cc1. The number of rotatable bonds is 1. The zero-order valence-corrected chi connectivity index (χ0v) is 12.2. The Morgan fingerprint density at radius 2 is 1.05 bits per heavy atom. The third-order valence-corrected chi connectivity index (χ3v) is 7.25. The molecule has 0 aromatic heterocycles. The van der Waals surface area contributed by atoms with Crippen LogP contribution in [0.1, 0.15) is 0 Å². The first-order valence-corrected chi connectivity index (χ1v) is 8.66. The summed E-state index contributed by atoms with van der Waals surface area (Å²) in [5.74, 6) is 0. The van der Waals surface area contributed by atoms with Crippen molar-refractivity contribution in [1.29, 1.82) is 0 Å².